The van der Waals surface area contributed by atoms with Gasteiger partial charge in [-0.05, 0) is 38.8 Å². The van der Waals surface area contributed by atoms with Gasteiger partial charge in [0, 0.05) is 31.1 Å². The van der Waals surface area contributed by atoms with Crippen LogP contribution < -0.4 is 0 Å². The Morgan fingerprint density at radius 1 is 1.19 bits per heavy atom. The van der Waals surface area contributed by atoms with Crippen molar-refractivity contribution in [1.82, 2.24) is 9.21 Å². The van der Waals surface area contributed by atoms with Crippen LogP contribution in [0.15, 0.2) is 12.1 Å². The molecule has 2 fully saturated rings. The summed E-state index contributed by atoms with van der Waals surface area (Å²) < 4.78 is 25.9. The third-order valence-corrected chi connectivity index (χ3v) is 8.08. The largest absolute Gasteiger partial charge is 0.335 e. The van der Waals surface area contributed by atoms with Crippen LogP contribution in [-0.4, -0.2) is 54.5 Å². The molecule has 0 N–H and O–H groups in total. The lowest BCUT2D eigenvalue weighted by atomic mass is 10.3. The molecule has 3 rings (SSSR count). The number of hydrogen-bond donors (Lipinski definition) is 0. The van der Waals surface area contributed by atoms with E-state index in [2.05, 4.69) is 0 Å². The van der Waals surface area contributed by atoms with Gasteiger partial charge in [0.05, 0.1) is 9.62 Å². The van der Waals surface area contributed by atoms with Crippen molar-refractivity contribution in [3.63, 3.8) is 0 Å². The second kappa shape index (κ2) is 5.07. The molecule has 0 aromatic carbocycles. The lowest BCUT2D eigenvalue weighted by Gasteiger charge is -2.35. The highest BCUT2D eigenvalue weighted by Crippen LogP contribution is 2.44. The maximum atomic E-state index is 12.4. The Bertz CT molecular complexity index is 654. The standard InChI is InChI=1S/C14H20N2O3S2/c1-11-3-4-12(20-11)13(17)15-7-9-16(10-8-15)21(18,19)14(2)5-6-14/h3-4H,5-10H2,1-2H3. The Hall–Kier alpha value is -0.920. The van der Waals surface area contributed by atoms with Gasteiger partial charge in [-0.3, -0.25) is 4.79 Å². The maximum absolute atomic E-state index is 12.4. The molecule has 0 atom stereocenters. The van der Waals surface area contributed by atoms with Gasteiger partial charge in [0.2, 0.25) is 10.0 Å². The zero-order valence-electron chi connectivity index (χ0n) is 12.3. The number of carbonyl (C=O) groups is 1. The fourth-order valence-electron chi connectivity index (χ4n) is 2.58. The van der Waals surface area contributed by atoms with Gasteiger partial charge in [-0.1, -0.05) is 0 Å². The van der Waals surface area contributed by atoms with Crippen molar-refractivity contribution in [2.75, 3.05) is 26.2 Å². The molecule has 116 valence electrons. The van der Waals surface area contributed by atoms with Gasteiger partial charge in [-0.25, -0.2) is 8.42 Å². The van der Waals surface area contributed by atoms with Crippen LogP contribution in [0.5, 0.6) is 0 Å². The van der Waals surface area contributed by atoms with Crippen LogP contribution in [0.3, 0.4) is 0 Å². The summed E-state index contributed by atoms with van der Waals surface area (Å²) in [6, 6.07) is 3.78. The Labute approximate surface area is 129 Å². The topological polar surface area (TPSA) is 57.7 Å². The Morgan fingerprint density at radius 3 is 2.29 bits per heavy atom. The second-order valence-electron chi connectivity index (χ2n) is 6.06. The molecule has 1 saturated heterocycles. The minimum atomic E-state index is -3.20. The summed E-state index contributed by atoms with van der Waals surface area (Å²) in [7, 11) is -3.20. The molecular formula is C14H20N2O3S2. The van der Waals surface area contributed by atoms with Crippen LogP contribution in [0.2, 0.25) is 0 Å². The number of sulfonamides is 1. The third-order valence-electron chi connectivity index (χ3n) is 4.39. The SMILES string of the molecule is Cc1ccc(C(=O)N2CCN(S(=O)(=O)C3(C)CC3)CC2)s1. The van der Waals surface area contributed by atoms with E-state index >= 15 is 0 Å². The molecule has 1 aromatic rings. The van der Waals surface area contributed by atoms with Crippen molar-refractivity contribution >= 4 is 27.3 Å². The molecular weight excluding hydrogens is 308 g/mol. The van der Waals surface area contributed by atoms with Crippen LogP contribution >= 0.6 is 11.3 Å². The van der Waals surface area contributed by atoms with Crippen molar-refractivity contribution < 1.29 is 13.2 Å². The van der Waals surface area contributed by atoms with E-state index in [1.165, 1.54) is 11.3 Å². The summed E-state index contributed by atoms with van der Waals surface area (Å²) in [6.45, 7) is 5.56. The molecule has 2 heterocycles. The van der Waals surface area contributed by atoms with Crippen LogP contribution in [0.1, 0.15) is 34.3 Å². The lowest BCUT2D eigenvalue weighted by molar-refractivity contribution is 0.0702. The highest BCUT2D eigenvalue weighted by atomic mass is 32.2. The molecule has 2 aliphatic rings. The van der Waals surface area contributed by atoms with E-state index in [-0.39, 0.29) is 5.91 Å². The van der Waals surface area contributed by atoms with Gasteiger partial charge in [0.1, 0.15) is 0 Å². The van der Waals surface area contributed by atoms with Crippen molar-refractivity contribution in [2.24, 2.45) is 0 Å². The number of nitrogens with zero attached hydrogens (tertiary/aromatic N) is 2. The highest BCUT2D eigenvalue weighted by molar-refractivity contribution is 7.90. The van der Waals surface area contributed by atoms with Crippen molar-refractivity contribution in [1.29, 1.82) is 0 Å². The first-order valence-electron chi connectivity index (χ1n) is 7.19. The molecule has 7 heteroatoms. The Kier molecular flexibility index (Phi) is 3.62. The van der Waals surface area contributed by atoms with Gasteiger partial charge < -0.3 is 4.90 Å². The van der Waals surface area contributed by atoms with Crippen LogP contribution in [0, 0.1) is 6.92 Å². The van der Waals surface area contributed by atoms with Crippen LogP contribution in [0.25, 0.3) is 0 Å². The first-order valence-corrected chi connectivity index (χ1v) is 9.45. The number of aryl methyl sites for hydroxylation is 1. The van der Waals surface area contributed by atoms with Gasteiger partial charge in [-0.15, -0.1) is 11.3 Å². The van der Waals surface area contributed by atoms with E-state index in [1.54, 1.807) is 9.21 Å². The minimum absolute atomic E-state index is 0.0165. The van der Waals surface area contributed by atoms with E-state index in [4.69, 9.17) is 0 Å². The zero-order valence-corrected chi connectivity index (χ0v) is 14.0. The number of carbonyl (C=O) groups excluding carboxylic acids is 1. The van der Waals surface area contributed by atoms with Crippen LogP contribution in [0.4, 0.5) is 0 Å². The molecule has 1 aromatic heterocycles. The molecule has 21 heavy (non-hydrogen) atoms. The zero-order chi connectivity index (χ0) is 15.3. The lowest BCUT2D eigenvalue weighted by Crippen LogP contribution is -2.52. The smallest absolute Gasteiger partial charge is 0.264 e. The van der Waals surface area contributed by atoms with Gasteiger partial charge in [-0.2, -0.15) is 4.31 Å². The maximum Gasteiger partial charge on any atom is 0.264 e. The first-order chi connectivity index (χ1) is 9.83. The average molecular weight is 328 g/mol. The molecule has 0 bridgehead atoms. The van der Waals surface area contributed by atoms with Crippen molar-refractivity contribution in [2.45, 2.75) is 31.4 Å². The molecule has 0 unspecified atom stereocenters. The molecule has 0 spiro atoms. The summed E-state index contributed by atoms with van der Waals surface area (Å²) in [5, 5.41) is 0. The molecule has 5 nitrogen and oxygen atoms in total. The summed E-state index contributed by atoms with van der Waals surface area (Å²) in [4.78, 5) is 15.9. The average Bonchev–Trinajstić information content (AvgIpc) is 3.08. The fraction of sp³-hybridized carbons (Fsp3) is 0.643. The predicted octanol–water partition coefficient (Wildman–Crippen LogP) is 1.70. The van der Waals surface area contributed by atoms with E-state index < -0.39 is 14.8 Å². The van der Waals surface area contributed by atoms with Crippen molar-refractivity contribution in [3.05, 3.63) is 21.9 Å². The summed E-state index contributed by atoms with van der Waals surface area (Å²) in [5.74, 6) is 0.0165. The predicted molar refractivity (Wildman–Crippen MR) is 83.1 cm³/mol. The summed E-state index contributed by atoms with van der Waals surface area (Å²) >= 11 is 1.49. The Morgan fingerprint density at radius 2 is 1.81 bits per heavy atom. The van der Waals surface area contributed by atoms with Crippen molar-refractivity contribution in [3.8, 4) is 0 Å². The number of thiophene rings is 1. The molecule has 1 aliphatic heterocycles. The minimum Gasteiger partial charge on any atom is -0.335 e. The van der Waals surface area contributed by atoms with E-state index in [1.807, 2.05) is 26.0 Å². The summed E-state index contributed by atoms with van der Waals surface area (Å²) in [5.41, 5.74) is 0. The first kappa shape index (κ1) is 15.0. The normalized spacial score (nSPS) is 22.3. The molecule has 1 aliphatic carbocycles. The third kappa shape index (κ3) is 2.62. The molecule has 0 radical (unpaired) electrons. The Balaban J connectivity index is 1.64. The van der Waals surface area contributed by atoms with Gasteiger partial charge in [0.25, 0.3) is 5.91 Å². The number of amides is 1. The number of hydrogen-bond acceptors (Lipinski definition) is 4. The number of piperazine rings is 1. The summed E-state index contributed by atoms with van der Waals surface area (Å²) in [6.07, 6.45) is 1.51. The molecule has 1 saturated carbocycles. The van der Waals surface area contributed by atoms with E-state index in [0.29, 0.717) is 26.2 Å². The van der Waals surface area contributed by atoms with Crippen LogP contribution in [-0.2, 0) is 10.0 Å². The quantitative estimate of drug-likeness (QED) is 0.848. The monoisotopic (exact) mass is 328 g/mol. The van der Waals surface area contributed by atoms with E-state index in [9.17, 15) is 13.2 Å². The van der Waals surface area contributed by atoms with E-state index in [0.717, 1.165) is 22.6 Å². The highest BCUT2D eigenvalue weighted by Gasteiger charge is 2.53. The number of rotatable bonds is 3. The van der Waals surface area contributed by atoms with Gasteiger partial charge in [0.15, 0.2) is 0 Å². The second-order valence-corrected chi connectivity index (χ2v) is 9.80. The fourth-order valence-corrected chi connectivity index (χ4v) is 5.30. The molecule has 1 amide bonds. The van der Waals surface area contributed by atoms with Gasteiger partial charge >= 0.3 is 0 Å².